The topological polar surface area (TPSA) is 34.1 Å². The van der Waals surface area contributed by atoms with Gasteiger partial charge in [-0.3, -0.25) is 0 Å². The van der Waals surface area contributed by atoms with Crippen LogP contribution in [0.3, 0.4) is 0 Å². The third-order valence-electron chi connectivity index (χ3n) is 3.34. The van der Waals surface area contributed by atoms with E-state index in [2.05, 4.69) is 50.4 Å². The Kier molecular flexibility index (Phi) is 5.91. The average Bonchev–Trinajstić information content (AvgIpc) is 2.89. The highest BCUT2D eigenvalue weighted by molar-refractivity contribution is 7.15. The summed E-state index contributed by atoms with van der Waals surface area (Å²) in [6.07, 6.45) is 0. The first kappa shape index (κ1) is 16.1. The molecule has 2 aromatic rings. The normalized spacial score (nSPS) is 11.3. The minimum absolute atomic E-state index is 0.444. The quantitative estimate of drug-likeness (QED) is 0.786. The van der Waals surface area contributed by atoms with Crippen LogP contribution in [0.15, 0.2) is 24.3 Å². The number of benzene rings is 1. The first-order chi connectivity index (χ1) is 10.1. The fourth-order valence-corrected chi connectivity index (χ4v) is 3.33. The Morgan fingerprint density at radius 2 is 1.95 bits per heavy atom. The predicted molar refractivity (Wildman–Crippen MR) is 90.0 cm³/mol. The van der Waals surface area contributed by atoms with Gasteiger partial charge < -0.3 is 10.1 Å². The molecule has 0 saturated carbocycles. The smallest absolute Gasteiger partial charge is 0.123 e. The summed E-state index contributed by atoms with van der Waals surface area (Å²) < 4.78 is 5.07. The van der Waals surface area contributed by atoms with E-state index in [4.69, 9.17) is 9.72 Å². The summed E-state index contributed by atoms with van der Waals surface area (Å²) in [6.45, 7) is 8.97. The van der Waals surface area contributed by atoms with Gasteiger partial charge in [0.2, 0.25) is 0 Å². The van der Waals surface area contributed by atoms with Crippen molar-refractivity contribution in [3.8, 4) is 10.6 Å². The van der Waals surface area contributed by atoms with Crippen molar-refractivity contribution in [2.24, 2.45) is 0 Å². The van der Waals surface area contributed by atoms with Crippen LogP contribution in [0.4, 0.5) is 0 Å². The fraction of sp³-hybridized carbons (Fsp3) is 0.471. The molecule has 0 saturated heterocycles. The summed E-state index contributed by atoms with van der Waals surface area (Å²) in [4.78, 5) is 6.19. The summed E-state index contributed by atoms with van der Waals surface area (Å²) in [6, 6.07) is 8.59. The zero-order valence-corrected chi connectivity index (χ0v) is 14.1. The summed E-state index contributed by atoms with van der Waals surface area (Å²) in [5.74, 6) is 0.444. The van der Waals surface area contributed by atoms with Gasteiger partial charge in [-0.2, -0.15) is 0 Å². The van der Waals surface area contributed by atoms with Gasteiger partial charge in [0.05, 0.1) is 12.3 Å². The Morgan fingerprint density at radius 1 is 1.24 bits per heavy atom. The third kappa shape index (κ3) is 4.37. The van der Waals surface area contributed by atoms with Gasteiger partial charge in [0.25, 0.3) is 0 Å². The Morgan fingerprint density at radius 3 is 2.57 bits per heavy atom. The van der Waals surface area contributed by atoms with Crippen molar-refractivity contribution >= 4 is 11.3 Å². The van der Waals surface area contributed by atoms with E-state index in [0.717, 1.165) is 24.7 Å². The number of methoxy groups -OCH3 is 1. The van der Waals surface area contributed by atoms with Crippen molar-refractivity contribution in [2.75, 3.05) is 20.3 Å². The third-order valence-corrected chi connectivity index (χ3v) is 4.46. The first-order valence-corrected chi connectivity index (χ1v) is 8.19. The van der Waals surface area contributed by atoms with Crippen LogP contribution in [0, 0.1) is 6.92 Å². The molecule has 3 nitrogen and oxygen atoms in total. The summed E-state index contributed by atoms with van der Waals surface area (Å²) in [5, 5.41) is 4.53. The zero-order valence-electron chi connectivity index (χ0n) is 13.3. The molecule has 1 heterocycles. The minimum Gasteiger partial charge on any atom is -0.383 e. The van der Waals surface area contributed by atoms with Crippen LogP contribution in [0.5, 0.6) is 0 Å². The van der Waals surface area contributed by atoms with Gasteiger partial charge in [-0.25, -0.2) is 4.98 Å². The number of hydrogen-bond acceptors (Lipinski definition) is 4. The van der Waals surface area contributed by atoms with Crippen molar-refractivity contribution in [1.82, 2.24) is 10.3 Å². The second-order valence-corrected chi connectivity index (χ2v) is 6.60. The molecular formula is C17H24N2OS. The molecule has 0 aliphatic carbocycles. The number of nitrogens with one attached hydrogen (secondary N) is 1. The van der Waals surface area contributed by atoms with E-state index in [0.29, 0.717) is 5.92 Å². The van der Waals surface area contributed by atoms with E-state index in [-0.39, 0.29) is 0 Å². The van der Waals surface area contributed by atoms with Gasteiger partial charge in [0.15, 0.2) is 0 Å². The van der Waals surface area contributed by atoms with E-state index in [9.17, 15) is 0 Å². The molecule has 1 N–H and O–H groups in total. The van der Waals surface area contributed by atoms with Gasteiger partial charge in [-0.15, -0.1) is 11.3 Å². The fourth-order valence-electron chi connectivity index (χ4n) is 2.14. The van der Waals surface area contributed by atoms with E-state index >= 15 is 0 Å². The van der Waals surface area contributed by atoms with Crippen molar-refractivity contribution in [2.45, 2.75) is 33.2 Å². The lowest BCUT2D eigenvalue weighted by Gasteiger charge is -2.06. The lowest BCUT2D eigenvalue weighted by Crippen LogP contribution is -2.18. The molecule has 0 aliphatic heterocycles. The minimum atomic E-state index is 0.444. The van der Waals surface area contributed by atoms with Crippen LogP contribution >= 0.6 is 11.3 Å². The molecule has 0 fully saturated rings. The maximum absolute atomic E-state index is 5.07. The largest absolute Gasteiger partial charge is 0.383 e. The second-order valence-electron chi connectivity index (χ2n) is 5.52. The van der Waals surface area contributed by atoms with Crippen molar-refractivity contribution in [1.29, 1.82) is 0 Å². The van der Waals surface area contributed by atoms with Crippen LogP contribution in [0.25, 0.3) is 10.6 Å². The Balaban J connectivity index is 2.18. The van der Waals surface area contributed by atoms with Crippen molar-refractivity contribution < 1.29 is 4.74 Å². The first-order valence-electron chi connectivity index (χ1n) is 7.38. The highest BCUT2D eigenvalue weighted by Gasteiger charge is 2.14. The molecule has 0 atom stereocenters. The average molecular weight is 304 g/mol. The van der Waals surface area contributed by atoms with Gasteiger partial charge in [-0.1, -0.05) is 43.7 Å². The van der Waals surface area contributed by atoms with E-state index in [1.807, 2.05) is 0 Å². The highest BCUT2D eigenvalue weighted by atomic mass is 32.1. The van der Waals surface area contributed by atoms with Crippen LogP contribution in [-0.4, -0.2) is 25.2 Å². The Bertz CT molecular complexity index is 561. The standard InChI is InChI=1S/C17H24N2OS/c1-12(2)16-15(11-18-9-10-20-4)21-17(19-16)14-7-5-13(3)6-8-14/h5-8,12,18H,9-11H2,1-4H3. The molecule has 0 aliphatic rings. The van der Waals surface area contributed by atoms with Gasteiger partial charge in [-0.05, 0) is 12.8 Å². The number of rotatable bonds is 7. The monoisotopic (exact) mass is 304 g/mol. The zero-order chi connectivity index (χ0) is 15.2. The summed E-state index contributed by atoms with van der Waals surface area (Å²) >= 11 is 1.79. The van der Waals surface area contributed by atoms with E-state index in [1.165, 1.54) is 21.7 Å². The molecular weight excluding hydrogens is 280 g/mol. The van der Waals surface area contributed by atoms with Crippen LogP contribution in [0.1, 0.15) is 35.9 Å². The number of nitrogens with zero attached hydrogens (tertiary/aromatic N) is 1. The Hall–Kier alpha value is -1.23. The summed E-state index contributed by atoms with van der Waals surface area (Å²) in [7, 11) is 1.73. The molecule has 1 aromatic carbocycles. The van der Waals surface area contributed by atoms with Crippen molar-refractivity contribution in [3.05, 3.63) is 40.4 Å². The molecule has 0 amide bonds. The maximum Gasteiger partial charge on any atom is 0.123 e. The van der Waals surface area contributed by atoms with Gasteiger partial charge in [0, 0.05) is 30.6 Å². The molecule has 2 rings (SSSR count). The molecule has 21 heavy (non-hydrogen) atoms. The number of hydrogen-bond donors (Lipinski definition) is 1. The molecule has 1 aromatic heterocycles. The predicted octanol–water partition coefficient (Wildman–Crippen LogP) is 3.98. The van der Waals surface area contributed by atoms with E-state index in [1.54, 1.807) is 18.4 Å². The van der Waals surface area contributed by atoms with Crippen LogP contribution in [0.2, 0.25) is 0 Å². The summed E-state index contributed by atoms with van der Waals surface area (Å²) in [5.41, 5.74) is 3.69. The van der Waals surface area contributed by atoms with Gasteiger partial charge >= 0.3 is 0 Å². The number of thiazole rings is 1. The Labute approximate surface area is 131 Å². The molecule has 0 spiro atoms. The van der Waals surface area contributed by atoms with Crippen LogP contribution < -0.4 is 5.32 Å². The maximum atomic E-state index is 5.07. The SMILES string of the molecule is COCCNCc1sc(-c2ccc(C)cc2)nc1C(C)C. The van der Waals surface area contributed by atoms with Crippen LogP contribution in [-0.2, 0) is 11.3 Å². The highest BCUT2D eigenvalue weighted by Crippen LogP contribution is 2.31. The van der Waals surface area contributed by atoms with Gasteiger partial charge in [0.1, 0.15) is 5.01 Å². The molecule has 0 bridgehead atoms. The number of aromatic nitrogens is 1. The molecule has 0 unspecified atom stereocenters. The molecule has 114 valence electrons. The molecule has 4 heteroatoms. The second kappa shape index (κ2) is 7.69. The number of ether oxygens (including phenoxy) is 1. The molecule has 0 radical (unpaired) electrons. The lowest BCUT2D eigenvalue weighted by atomic mass is 10.1. The lowest BCUT2D eigenvalue weighted by molar-refractivity contribution is 0.199. The number of aryl methyl sites for hydroxylation is 1. The van der Waals surface area contributed by atoms with E-state index < -0.39 is 0 Å². The van der Waals surface area contributed by atoms with Crippen molar-refractivity contribution in [3.63, 3.8) is 0 Å².